The maximum atomic E-state index is 14.3. The third-order valence-corrected chi connectivity index (χ3v) is 11.7. The quantitative estimate of drug-likeness (QED) is 0.0449. The first-order chi connectivity index (χ1) is 34.4. The van der Waals surface area contributed by atoms with Gasteiger partial charge in [-0.3, -0.25) is 38.4 Å². The largest absolute Gasteiger partial charge is 0.490 e. The molecule has 0 aliphatic carbocycles. The van der Waals surface area contributed by atoms with Crippen LogP contribution in [0.4, 0.5) is 13.2 Å². The number of rotatable bonds is 32. The molecule has 0 aromatic heterocycles. The zero-order valence-corrected chi connectivity index (χ0v) is 43.3. The Bertz CT molecular complexity index is 2000. The van der Waals surface area contributed by atoms with Gasteiger partial charge < -0.3 is 69.1 Å². The Morgan fingerprint density at radius 1 is 0.587 bits per heavy atom. The van der Waals surface area contributed by atoms with Gasteiger partial charge in [-0.15, -0.1) is 0 Å². The zero-order valence-electron chi connectivity index (χ0n) is 43.3. The monoisotopic (exact) mass is 1080 g/mol. The SMILES string of the molecule is C.CC[C@H](C)[C@H](NC(=O)[C@@H](NC(=O)[C@@H](N)CO)[C@@H](C)CC)C(=O)N[C@H](C(=O)N[C@@H](Cc1ccccc1)C(=O)N[C@@H](CCC(=O)O)C(=O)N[C@@H](CCCCN)C(=O)N[C@@H](CC(C)C)C(=O)O)C(C)C.O=C(O)C(F)(F)F. The van der Waals surface area contributed by atoms with E-state index in [4.69, 9.17) is 21.4 Å². The Kier molecular flexibility index (Phi) is 33.7. The molecule has 0 bridgehead atoms. The van der Waals surface area contributed by atoms with Crippen LogP contribution in [0.3, 0.4) is 0 Å². The van der Waals surface area contributed by atoms with Crippen LogP contribution >= 0.6 is 0 Å². The number of hydrogen-bond donors (Lipinski definition) is 13. The van der Waals surface area contributed by atoms with E-state index in [1.54, 1.807) is 85.7 Å². The fourth-order valence-electron chi connectivity index (χ4n) is 6.90. The Labute approximate surface area is 436 Å². The van der Waals surface area contributed by atoms with E-state index >= 15 is 0 Å². The van der Waals surface area contributed by atoms with E-state index in [1.807, 2.05) is 0 Å². The molecule has 7 amide bonds. The van der Waals surface area contributed by atoms with Gasteiger partial charge in [0.1, 0.15) is 48.3 Å². The number of nitrogens with two attached hydrogens (primary N) is 2. The minimum atomic E-state index is -5.08. The van der Waals surface area contributed by atoms with E-state index in [-0.39, 0.29) is 39.2 Å². The van der Waals surface area contributed by atoms with Gasteiger partial charge in [0.2, 0.25) is 41.4 Å². The molecule has 0 fully saturated rings. The molecule has 0 saturated heterocycles. The molecule has 23 nitrogen and oxygen atoms in total. The molecule has 1 rings (SSSR count). The number of carbonyl (C=O) groups excluding carboxylic acids is 7. The van der Waals surface area contributed by atoms with Crippen molar-refractivity contribution in [1.82, 2.24) is 37.2 Å². The Morgan fingerprint density at radius 2 is 1.00 bits per heavy atom. The normalized spacial score (nSPS) is 15.1. The molecule has 1 aromatic rings. The summed E-state index contributed by atoms with van der Waals surface area (Å²) in [5, 5.41) is 54.1. The van der Waals surface area contributed by atoms with Crippen LogP contribution in [0.5, 0.6) is 0 Å². The molecule has 10 atom stereocenters. The number of unbranched alkanes of at least 4 members (excludes halogenated alkanes) is 1. The average Bonchev–Trinajstić information content (AvgIpc) is 3.33. The first-order valence-electron chi connectivity index (χ1n) is 24.4. The summed E-state index contributed by atoms with van der Waals surface area (Å²) in [7, 11) is 0. The molecule has 0 unspecified atom stereocenters. The number of carboxylic acid groups (broad SMARTS) is 3. The van der Waals surface area contributed by atoms with Gasteiger partial charge in [0.15, 0.2) is 0 Å². The van der Waals surface area contributed by atoms with E-state index in [0.29, 0.717) is 31.2 Å². The molecule has 1 aromatic carbocycles. The molecule has 428 valence electrons. The minimum Gasteiger partial charge on any atom is -0.481 e. The van der Waals surface area contributed by atoms with Gasteiger partial charge in [0.25, 0.3) is 0 Å². The van der Waals surface area contributed by atoms with Crippen LogP contribution in [-0.4, -0.2) is 147 Å². The number of aliphatic hydroxyl groups is 1. The second-order valence-electron chi connectivity index (χ2n) is 18.7. The number of halogens is 3. The first kappa shape index (κ1) is 70.7. The lowest BCUT2D eigenvalue weighted by atomic mass is 9.94. The summed E-state index contributed by atoms with van der Waals surface area (Å²) < 4.78 is 31.7. The van der Waals surface area contributed by atoms with Gasteiger partial charge in [-0.25, -0.2) is 9.59 Å². The Balaban J connectivity index is 0. The summed E-state index contributed by atoms with van der Waals surface area (Å²) in [4.78, 5) is 129. The number of nitrogens with one attached hydrogen (secondary N) is 7. The second-order valence-corrected chi connectivity index (χ2v) is 18.7. The van der Waals surface area contributed by atoms with Crippen molar-refractivity contribution in [3.05, 3.63) is 35.9 Å². The molecule has 75 heavy (non-hydrogen) atoms. The number of carboxylic acids is 3. The summed E-state index contributed by atoms with van der Waals surface area (Å²) in [6.45, 7) is 13.5. The maximum Gasteiger partial charge on any atom is 0.490 e. The van der Waals surface area contributed by atoms with E-state index in [1.165, 1.54) is 0 Å². The van der Waals surface area contributed by atoms with Crippen LogP contribution in [0.2, 0.25) is 0 Å². The van der Waals surface area contributed by atoms with Crippen molar-refractivity contribution in [3.63, 3.8) is 0 Å². The van der Waals surface area contributed by atoms with Crippen molar-refractivity contribution in [2.45, 2.75) is 175 Å². The number of hydrogen-bond acceptors (Lipinski definition) is 13. The number of carbonyl (C=O) groups is 10. The Hall–Kier alpha value is -6.41. The molecular formula is C49H82F3N9O14. The molecular weight excluding hydrogens is 996 g/mol. The van der Waals surface area contributed by atoms with E-state index in [2.05, 4.69) is 37.2 Å². The van der Waals surface area contributed by atoms with Crippen molar-refractivity contribution in [1.29, 1.82) is 0 Å². The molecule has 0 saturated carbocycles. The standard InChI is InChI=1S/C46H77N9O12.C2HF3O2.CH4/c1-9-27(7)37(54-39(59)30(48)24-56)45(65)55-38(28(8)10-2)44(64)53-36(26(5)6)43(63)51-33(23-29-16-12-11-13-17-29)42(62)50-32(19-20-35(57)58)41(61)49-31(18-14-15-21-47)40(60)52-34(46(66)67)22-25(3)4;3-2(4,5)1(6)7;/h11-13,16-17,25-28,30-34,36-38,56H,9-10,14-15,18-24,47-48H2,1-8H3,(H,49,61)(H,50,62)(H,51,63)(H,52,60)(H,53,64)(H,54,59)(H,55,65)(H,57,58)(H,66,67);(H,6,7);1H4/t27-,28-,30-,31-,32-,33-,34-,36-,37-,38-;;/m0../s1. The highest BCUT2D eigenvalue weighted by atomic mass is 19.4. The number of aliphatic carboxylic acids is 3. The van der Waals surface area contributed by atoms with Crippen LogP contribution in [0.25, 0.3) is 0 Å². The number of amides is 7. The van der Waals surface area contributed by atoms with Crippen molar-refractivity contribution < 1.29 is 81.5 Å². The fourth-order valence-corrected chi connectivity index (χ4v) is 6.90. The summed E-state index contributed by atoms with van der Waals surface area (Å²) in [5.41, 5.74) is 11.9. The Morgan fingerprint density at radius 3 is 1.40 bits per heavy atom. The van der Waals surface area contributed by atoms with Crippen molar-refractivity contribution in [2.75, 3.05) is 13.2 Å². The first-order valence-corrected chi connectivity index (χ1v) is 24.4. The zero-order chi connectivity index (χ0) is 57.0. The van der Waals surface area contributed by atoms with Crippen molar-refractivity contribution in [2.24, 2.45) is 35.1 Å². The minimum absolute atomic E-state index is 0. The third-order valence-electron chi connectivity index (χ3n) is 11.7. The lowest BCUT2D eigenvalue weighted by Crippen LogP contribution is -2.62. The lowest BCUT2D eigenvalue weighted by Gasteiger charge is -2.31. The smallest absolute Gasteiger partial charge is 0.481 e. The summed E-state index contributed by atoms with van der Waals surface area (Å²) in [6.07, 6.45) is -4.33. The molecule has 0 aliphatic heterocycles. The van der Waals surface area contributed by atoms with E-state index < -0.39 is 151 Å². The van der Waals surface area contributed by atoms with Crippen molar-refractivity contribution >= 4 is 59.3 Å². The van der Waals surface area contributed by atoms with Gasteiger partial charge in [-0.2, -0.15) is 13.2 Å². The highest BCUT2D eigenvalue weighted by molar-refractivity contribution is 5.98. The topological polar surface area (TPSA) is 388 Å². The molecule has 0 aliphatic rings. The molecule has 26 heteroatoms. The highest BCUT2D eigenvalue weighted by Crippen LogP contribution is 2.16. The van der Waals surface area contributed by atoms with Crippen LogP contribution in [0.15, 0.2) is 30.3 Å². The number of benzene rings is 1. The number of aliphatic hydroxyl groups excluding tert-OH is 1. The predicted octanol–water partition coefficient (Wildman–Crippen LogP) is 1.08. The predicted molar refractivity (Wildman–Crippen MR) is 270 cm³/mol. The van der Waals surface area contributed by atoms with Gasteiger partial charge >= 0.3 is 24.1 Å². The highest BCUT2D eigenvalue weighted by Gasteiger charge is 2.39. The van der Waals surface area contributed by atoms with Crippen LogP contribution < -0.4 is 48.7 Å². The van der Waals surface area contributed by atoms with Gasteiger partial charge in [-0.05, 0) is 67.9 Å². The van der Waals surface area contributed by atoms with E-state index in [9.17, 15) is 71.6 Å². The van der Waals surface area contributed by atoms with Crippen LogP contribution in [-0.2, 0) is 54.4 Å². The maximum absolute atomic E-state index is 14.3. The summed E-state index contributed by atoms with van der Waals surface area (Å²) >= 11 is 0. The fraction of sp³-hybridized carbons (Fsp3) is 0.673. The summed E-state index contributed by atoms with van der Waals surface area (Å²) in [6, 6.07) is -1.80. The lowest BCUT2D eigenvalue weighted by molar-refractivity contribution is -0.192. The van der Waals surface area contributed by atoms with Gasteiger partial charge in [-0.1, -0.05) is 106 Å². The number of alkyl halides is 3. The van der Waals surface area contributed by atoms with Crippen LogP contribution in [0, 0.1) is 23.7 Å². The van der Waals surface area contributed by atoms with Crippen molar-refractivity contribution in [3.8, 4) is 0 Å². The summed E-state index contributed by atoms with van der Waals surface area (Å²) in [5.74, 6) is -12.4. The van der Waals surface area contributed by atoms with Gasteiger partial charge in [0.05, 0.1) is 6.61 Å². The van der Waals surface area contributed by atoms with Gasteiger partial charge in [0, 0.05) is 12.8 Å². The second kappa shape index (κ2) is 35.7. The average molecular weight is 1080 g/mol. The molecule has 15 N–H and O–H groups in total. The molecule has 0 spiro atoms. The molecule has 0 heterocycles. The molecule has 0 radical (unpaired) electrons. The van der Waals surface area contributed by atoms with E-state index in [0.717, 1.165) is 0 Å². The third kappa shape index (κ3) is 27.1. The van der Waals surface area contributed by atoms with Crippen LogP contribution in [0.1, 0.15) is 120 Å².